The summed E-state index contributed by atoms with van der Waals surface area (Å²) in [5.74, 6) is 0. The molecule has 0 saturated heterocycles. The monoisotopic (exact) mass is 371 g/mol. The van der Waals surface area contributed by atoms with Gasteiger partial charge in [0.1, 0.15) is 5.60 Å². The molecule has 0 radical (unpaired) electrons. The normalized spacial score (nSPS) is 11.8. The van der Waals surface area contributed by atoms with E-state index in [1.165, 1.54) is 0 Å². The maximum absolute atomic E-state index is 12.4. The van der Waals surface area contributed by atoms with E-state index in [1.807, 2.05) is 45.0 Å². The number of benzene rings is 1. The molecule has 4 heteroatoms. The fraction of sp³-hybridized carbons (Fsp3) is 0.400. The van der Waals surface area contributed by atoms with E-state index in [0.29, 0.717) is 0 Å². The molecule has 3 nitrogen and oxygen atoms in total. The summed E-state index contributed by atoms with van der Waals surface area (Å²) in [6.07, 6.45) is 0.495. The van der Waals surface area contributed by atoms with E-state index < -0.39 is 5.60 Å². The smallest absolute Gasteiger partial charge is 0.419 e. The molecule has 0 fully saturated rings. The highest BCUT2D eigenvalue weighted by atomic mass is 127. The van der Waals surface area contributed by atoms with E-state index >= 15 is 0 Å². The summed E-state index contributed by atoms with van der Waals surface area (Å²) < 4.78 is 8.33. The largest absolute Gasteiger partial charge is 0.443 e. The molecule has 1 aromatic carbocycles. The maximum atomic E-state index is 12.4. The van der Waals surface area contributed by atoms with E-state index in [4.69, 9.17) is 4.74 Å². The van der Waals surface area contributed by atoms with Gasteiger partial charge in [-0.15, -0.1) is 0 Å². The lowest BCUT2D eigenvalue weighted by Gasteiger charge is -2.20. The summed E-state index contributed by atoms with van der Waals surface area (Å²) in [6, 6.07) is 7.93. The predicted molar refractivity (Wildman–Crippen MR) is 85.7 cm³/mol. The molecule has 0 aliphatic heterocycles. The molecule has 2 aromatic rings. The molecule has 102 valence electrons. The van der Waals surface area contributed by atoms with Crippen LogP contribution in [0.3, 0.4) is 0 Å². The highest BCUT2D eigenvalue weighted by Gasteiger charge is 2.23. The van der Waals surface area contributed by atoms with Gasteiger partial charge in [0, 0.05) is 14.7 Å². The molecule has 0 amide bonds. The number of aromatic nitrogens is 1. The van der Waals surface area contributed by atoms with Gasteiger partial charge in [-0.3, -0.25) is 0 Å². The number of nitrogens with zero attached hydrogens (tertiary/aromatic N) is 1. The minimum Gasteiger partial charge on any atom is -0.443 e. The molecule has 2 rings (SSSR count). The van der Waals surface area contributed by atoms with Gasteiger partial charge in [0.05, 0.1) is 5.52 Å². The van der Waals surface area contributed by atoms with Crippen LogP contribution in [0.4, 0.5) is 4.79 Å². The first-order valence-corrected chi connectivity index (χ1v) is 7.44. The molecule has 0 aliphatic carbocycles. The van der Waals surface area contributed by atoms with Crippen LogP contribution in [0, 0.1) is 3.57 Å². The zero-order chi connectivity index (χ0) is 14.2. The van der Waals surface area contributed by atoms with Crippen LogP contribution in [-0.4, -0.2) is 16.3 Å². The lowest BCUT2D eigenvalue weighted by molar-refractivity contribution is 0.0540. The van der Waals surface area contributed by atoms with Crippen LogP contribution in [0.2, 0.25) is 0 Å². The van der Waals surface area contributed by atoms with Crippen molar-refractivity contribution in [1.82, 2.24) is 4.57 Å². The summed E-state index contributed by atoms with van der Waals surface area (Å²) in [6.45, 7) is 7.70. The number of para-hydroxylation sites is 1. The lowest BCUT2D eigenvalue weighted by atomic mass is 10.2. The Morgan fingerprint density at radius 2 is 1.95 bits per heavy atom. The van der Waals surface area contributed by atoms with E-state index in [1.54, 1.807) is 4.57 Å². The van der Waals surface area contributed by atoms with Gasteiger partial charge in [0.15, 0.2) is 0 Å². The van der Waals surface area contributed by atoms with E-state index in [0.717, 1.165) is 26.6 Å². The van der Waals surface area contributed by atoms with Crippen molar-refractivity contribution in [2.45, 2.75) is 39.7 Å². The molecule has 19 heavy (non-hydrogen) atoms. The van der Waals surface area contributed by atoms with Gasteiger partial charge in [-0.1, -0.05) is 25.1 Å². The molecule has 0 saturated carbocycles. The summed E-state index contributed by atoms with van der Waals surface area (Å²) in [7, 11) is 0. The number of fused-ring (bicyclic) bond motifs is 1. The molecule has 0 atom stereocenters. The SMILES string of the molecule is CCc1c(I)c2ccccc2n1C(=O)OC(C)(C)C. The standard InChI is InChI=1S/C15H18INO2/c1-5-11-13(16)10-8-6-7-9-12(10)17(11)14(18)19-15(2,3)4/h6-9H,5H2,1-4H3. The van der Waals surface area contributed by atoms with Crippen molar-refractivity contribution in [2.75, 3.05) is 0 Å². The molecule has 0 N–H and O–H groups in total. The number of ether oxygens (including phenoxy) is 1. The molecule has 0 aliphatic rings. The second kappa shape index (κ2) is 5.15. The number of halogens is 1. The van der Waals surface area contributed by atoms with Crippen LogP contribution in [0.5, 0.6) is 0 Å². The highest BCUT2D eigenvalue weighted by molar-refractivity contribution is 14.1. The Kier molecular flexibility index (Phi) is 3.90. The number of rotatable bonds is 1. The first-order chi connectivity index (χ1) is 8.85. The minimum absolute atomic E-state index is 0.302. The topological polar surface area (TPSA) is 31.2 Å². The summed E-state index contributed by atoms with van der Waals surface area (Å²) in [5.41, 5.74) is 1.44. The average molecular weight is 371 g/mol. The Bertz CT molecular complexity index is 623. The first kappa shape index (κ1) is 14.4. The molecular weight excluding hydrogens is 353 g/mol. The van der Waals surface area contributed by atoms with Gasteiger partial charge in [-0.05, 0) is 55.8 Å². The van der Waals surface area contributed by atoms with Crippen molar-refractivity contribution in [2.24, 2.45) is 0 Å². The molecule has 0 unspecified atom stereocenters. The van der Waals surface area contributed by atoms with Gasteiger partial charge in [0.2, 0.25) is 0 Å². The quantitative estimate of drug-likeness (QED) is 0.687. The van der Waals surface area contributed by atoms with E-state index in [9.17, 15) is 4.79 Å². The molecule has 1 heterocycles. The molecule has 0 spiro atoms. The Morgan fingerprint density at radius 3 is 2.53 bits per heavy atom. The predicted octanol–water partition coefficient (Wildman–Crippen LogP) is 4.59. The highest BCUT2D eigenvalue weighted by Crippen LogP contribution is 2.28. The van der Waals surface area contributed by atoms with Crippen molar-refractivity contribution >= 4 is 39.6 Å². The number of carbonyl (C=O) groups excluding carboxylic acids is 1. The lowest BCUT2D eigenvalue weighted by Crippen LogP contribution is -2.28. The van der Waals surface area contributed by atoms with Gasteiger partial charge in [-0.2, -0.15) is 0 Å². The van der Waals surface area contributed by atoms with E-state index in [2.05, 4.69) is 29.5 Å². The minimum atomic E-state index is -0.487. The maximum Gasteiger partial charge on any atom is 0.419 e. The van der Waals surface area contributed by atoms with Crippen molar-refractivity contribution in [3.63, 3.8) is 0 Å². The van der Waals surface area contributed by atoms with Crippen LogP contribution in [0.15, 0.2) is 24.3 Å². The van der Waals surface area contributed by atoms with Crippen molar-refractivity contribution < 1.29 is 9.53 Å². The van der Waals surface area contributed by atoms with Gasteiger partial charge in [0.25, 0.3) is 0 Å². The average Bonchev–Trinajstić information content (AvgIpc) is 2.60. The van der Waals surface area contributed by atoms with Crippen LogP contribution in [0.25, 0.3) is 10.9 Å². The zero-order valence-corrected chi connectivity index (χ0v) is 13.8. The summed E-state index contributed by atoms with van der Waals surface area (Å²) in [5, 5.41) is 1.10. The van der Waals surface area contributed by atoms with Crippen molar-refractivity contribution in [3.05, 3.63) is 33.5 Å². The second-order valence-corrected chi connectivity index (χ2v) is 6.53. The third-order valence-corrected chi connectivity index (χ3v) is 4.02. The number of hydrogen-bond donors (Lipinski definition) is 0. The fourth-order valence-corrected chi connectivity index (χ4v) is 3.16. The number of carbonyl (C=O) groups is 1. The third kappa shape index (κ3) is 2.78. The second-order valence-electron chi connectivity index (χ2n) is 5.45. The molecule has 1 aromatic heterocycles. The Balaban J connectivity index is 2.62. The third-order valence-electron chi connectivity index (χ3n) is 2.82. The molecule has 0 bridgehead atoms. The van der Waals surface area contributed by atoms with Gasteiger partial charge in [-0.25, -0.2) is 9.36 Å². The number of hydrogen-bond acceptors (Lipinski definition) is 2. The van der Waals surface area contributed by atoms with Crippen LogP contribution >= 0.6 is 22.6 Å². The molecular formula is C15H18INO2. The fourth-order valence-electron chi connectivity index (χ4n) is 2.08. The zero-order valence-electron chi connectivity index (χ0n) is 11.7. The van der Waals surface area contributed by atoms with Gasteiger partial charge >= 0.3 is 6.09 Å². The van der Waals surface area contributed by atoms with Crippen molar-refractivity contribution in [3.8, 4) is 0 Å². The first-order valence-electron chi connectivity index (χ1n) is 6.36. The van der Waals surface area contributed by atoms with Crippen molar-refractivity contribution in [1.29, 1.82) is 0 Å². The Morgan fingerprint density at radius 1 is 1.32 bits per heavy atom. The van der Waals surface area contributed by atoms with Crippen LogP contribution in [-0.2, 0) is 11.2 Å². The van der Waals surface area contributed by atoms with Crippen LogP contribution in [0.1, 0.15) is 33.4 Å². The van der Waals surface area contributed by atoms with Crippen LogP contribution < -0.4 is 0 Å². The van der Waals surface area contributed by atoms with E-state index in [-0.39, 0.29) is 6.09 Å². The summed E-state index contributed by atoms with van der Waals surface area (Å²) >= 11 is 2.30. The Labute approximate surface area is 127 Å². The van der Waals surface area contributed by atoms with Gasteiger partial charge < -0.3 is 4.74 Å². The Hall–Kier alpha value is -1.04. The summed E-state index contributed by atoms with van der Waals surface area (Å²) in [4.78, 5) is 12.4.